The normalized spacial score (nSPS) is 12.0. The summed E-state index contributed by atoms with van der Waals surface area (Å²) in [6.45, 7) is 9.92. The van der Waals surface area contributed by atoms with Crippen molar-refractivity contribution >= 4 is 8.32 Å². The van der Waals surface area contributed by atoms with Crippen LogP contribution in [0.5, 0.6) is 0 Å². The molecule has 0 fully saturated rings. The van der Waals surface area contributed by atoms with Crippen LogP contribution in [0.1, 0.15) is 47.0 Å². The molecule has 1 nitrogen and oxygen atoms in total. The summed E-state index contributed by atoms with van der Waals surface area (Å²) in [5, 5.41) is 0. The highest BCUT2D eigenvalue weighted by Gasteiger charge is 2.29. The van der Waals surface area contributed by atoms with Crippen LogP contribution in [0.15, 0.2) is 0 Å². The van der Waals surface area contributed by atoms with Crippen LogP contribution in [-0.2, 0) is 4.43 Å². The minimum atomic E-state index is -1.28. The Balaban J connectivity index is 3.89. The second-order valence-corrected chi connectivity index (χ2v) is 8.35. The Hall–Kier alpha value is 0.177. The molecule has 0 saturated heterocycles. The maximum atomic E-state index is 6.01. The van der Waals surface area contributed by atoms with E-state index in [-0.39, 0.29) is 0 Å². The molecule has 0 N–H and O–H groups in total. The Morgan fingerprint density at radius 1 is 0.923 bits per heavy atom. The van der Waals surface area contributed by atoms with Gasteiger partial charge in [-0.25, -0.2) is 0 Å². The maximum absolute atomic E-state index is 6.01. The number of hydrogen-bond acceptors (Lipinski definition) is 1. The van der Waals surface area contributed by atoms with E-state index in [1.54, 1.807) is 0 Å². The molecule has 0 atom stereocenters. The van der Waals surface area contributed by atoms with Crippen LogP contribution < -0.4 is 0 Å². The summed E-state index contributed by atoms with van der Waals surface area (Å²) in [6, 6.07) is 3.96. The molecule has 80 valence electrons. The molecule has 0 aliphatic rings. The van der Waals surface area contributed by atoms with Crippen molar-refractivity contribution in [2.24, 2.45) is 0 Å². The average molecular weight is 202 g/mol. The van der Waals surface area contributed by atoms with Crippen molar-refractivity contribution in [3.63, 3.8) is 0 Å². The van der Waals surface area contributed by atoms with E-state index in [9.17, 15) is 0 Å². The van der Waals surface area contributed by atoms with Gasteiger partial charge in [0.1, 0.15) is 0 Å². The third kappa shape index (κ3) is 4.82. The standard InChI is InChI=1S/C11H26OSi/c1-5-9-10-11-13(7-3,8-4)12-6-2/h5-11H2,1-4H3. The van der Waals surface area contributed by atoms with Gasteiger partial charge in [0.15, 0.2) is 8.32 Å². The quantitative estimate of drug-likeness (QED) is 0.423. The SMILES string of the molecule is CCCCC[Si](CC)(CC)OCC. The Morgan fingerprint density at radius 2 is 1.54 bits per heavy atom. The highest BCUT2D eigenvalue weighted by molar-refractivity contribution is 6.73. The van der Waals surface area contributed by atoms with Crippen molar-refractivity contribution in [2.45, 2.75) is 65.1 Å². The summed E-state index contributed by atoms with van der Waals surface area (Å²) < 4.78 is 6.01. The third-order valence-electron chi connectivity index (χ3n) is 2.98. The molecule has 0 amide bonds. The van der Waals surface area contributed by atoms with Gasteiger partial charge in [-0.05, 0) is 25.1 Å². The van der Waals surface area contributed by atoms with Crippen LogP contribution in [0.4, 0.5) is 0 Å². The summed E-state index contributed by atoms with van der Waals surface area (Å²) in [5.41, 5.74) is 0. The Bertz CT molecular complexity index is 111. The van der Waals surface area contributed by atoms with E-state index >= 15 is 0 Å². The molecule has 0 heterocycles. The summed E-state index contributed by atoms with van der Waals surface area (Å²) >= 11 is 0. The molecule has 0 aliphatic heterocycles. The first-order valence-electron chi connectivity index (χ1n) is 5.88. The molecule has 0 radical (unpaired) electrons. The fourth-order valence-corrected chi connectivity index (χ4v) is 5.15. The van der Waals surface area contributed by atoms with E-state index in [2.05, 4.69) is 27.7 Å². The van der Waals surface area contributed by atoms with Crippen molar-refractivity contribution in [1.82, 2.24) is 0 Å². The third-order valence-corrected chi connectivity index (χ3v) is 7.72. The molecule has 0 aromatic heterocycles. The van der Waals surface area contributed by atoms with Crippen LogP contribution in [0, 0.1) is 0 Å². The van der Waals surface area contributed by atoms with Crippen molar-refractivity contribution in [3.8, 4) is 0 Å². The molecule has 13 heavy (non-hydrogen) atoms. The fraction of sp³-hybridized carbons (Fsp3) is 1.00. The molecule has 2 heteroatoms. The monoisotopic (exact) mass is 202 g/mol. The predicted molar refractivity (Wildman–Crippen MR) is 62.7 cm³/mol. The largest absolute Gasteiger partial charge is 0.417 e. The highest BCUT2D eigenvalue weighted by Crippen LogP contribution is 2.24. The molecule has 0 rings (SSSR count). The van der Waals surface area contributed by atoms with Crippen LogP contribution in [0.25, 0.3) is 0 Å². The summed E-state index contributed by atoms with van der Waals surface area (Å²) in [6.07, 6.45) is 4.08. The first-order chi connectivity index (χ1) is 6.24. The molecule has 0 saturated carbocycles. The lowest BCUT2D eigenvalue weighted by atomic mass is 10.3. The van der Waals surface area contributed by atoms with Crippen molar-refractivity contribution in [1.29, 1.82) is 0 Å². The molecule has 0 aromatic carbocycles. The second-order valence-electron chi connectivity index (χ2n) is 3.78. The van der Waals surface area contributed by atoms with E-state index < -0.39 is 8.32 Å². The summed E-state index contributed by atoms with van der Waals surface area (Å²) in [4.78, 5) is 0. The Morgan fingerprint density at radius 3 is 1.92 bits per heavy atom. The Kier molecular flexibility index (Phi) is 7.67. The zero-order valence-electron chi connectivity index (χ0n) is 9.86. The average Bonchev–Trinajstić information content (AvgIpc) is 2.17. The summed E-state index contributed by atoms with van der Waals surface area (Å²) in [5.74, 6) is 0. The van der Waals surface area contributed by atoms with E-state index in [1.807, 2.05) is 0 Å². The highest BCUT2D eigenvalue weighted by atomic mass is 28.4. The van der Waals surface area contributed by atoms with Gasteiger partial charge in [-0.3, -0.25) is 0 Å². The molecular formula is C11H26OSi. The van der Waals surface area contributed by atoms with E-state index in [4.69, 9.17) is 4.43 Å². The maximum Gasteiger partial charge on any atom is 0.192 e. The molecular weight excluding hydrogens is 176 g/mol. The van der Waals surface area contributed by atoms with E-state index in [1.165, 1.54) is 37.4 Å². The second kappa shape index (κ2) is 7.57. The fourth-order valence-electron chi connectivity index (χ4n) is 1.88. The van der Waals surface area contributed by atoms with E-state index in [0.717, 1.165) is 6.61 Å². The topological polar surface area (TPSA) is 9.23 Å². The molecule has 0 aliphatic carbocycles. The van der Waals surface area contributed by atoms with Crippen LogP contribution in [-0.4, -0.2) is 14.9 Å². The van der Waals surface area contributed by atoms with Gasteiger partial charge < -0.3 is 4.43 Å². The van der Waals surface area contributed by atoms with Gasteiger partial charge in [0, 0.05) is 6.61 Å². The Labute approximate surface area is 85.0 Å². The van der Waals surface area contributed by atoms with E-state index in [0.29, 0.717) is 0 Å². The van der Waals surface area contributed by atoms with Gasteiger partial charge in [0.25, 0.3) is 0 Å². The smallest absolute Gasteiger partial charge is 0.192 e. The first kappa shape index (κ1) is 13.2. The van der Waals surface area contributed by atoms with Crippen LogP contribution >= 0.6 is 0 Å². The number of rotatable bonds is 8. The van der Waals surface area contributed by atoms with Crippen LogP contribution in [0.3, 0.4) is 0 Å². The van der Waals surface area contributed by atoms with Gasteiger partial charge in [0.2, 0.25) is 0 Å². The lowest BCUT2D eigenvalue weighted by molar-refractivity contribution is 0.318. The molecule has 0 unspecified atom stereocenters. The predicted octanol–water partition coefficient (Wildman–Crippen LogP) is 4.20. The lowest BCUT2D eigenvalue weighted by Crippen LogP contribution is -2.36. The van der Waals surface area contributed by atoms with Crippen LogP contribution in [0.2, 0.25) is 18.1 Å². The van der Waals surface area contributed by atoms with Gasteiger partial charge in [0.05, 0.1) is 0 Å². The molecule has 0 aromatic rings. The molecule has 0 spiro atoms. The zero-order chi connectivity index (χ0) is 10.2. The van der Waals surface area contributed by atoms with Gasteiger partial charge in [-0.2, -0.15) is 0 Å². The van der Waals surface area contributed by atoms with Crippen molar-refractivity contribution < 1.29 is 4.43 Å². The number of hydrogen-bond donors (Lipinski definition) is 0. The zero-order valence-corrected chi connectivity index (χ0v) is 10.9. The first-order valence-corrected chi connectivity index (χ1v) is 8.41. The minimum absolute atomic E-state index is 0.917. The lowest BCUT2D eigenvalue weighted by Gasteiger charge is -2.28. The number of unbranched alkanes of at least 4 members (excludes halogenated alkanes) is 2. The molecule has 0 bridgehead atoms. The van der Waals surface area contributed by atoms with Gasteiger partial charge in [-0.1, -0.05) is 40.0 Å². The van der Waals surface area contributed by atoms with Crippen molar-refractivity contribution in [2.75, 3.05) is 6.61 Å². The van der Waals surface area contributed by atoms with Crippen molar-refractivity contribution in [3.05, 3.63) is 0 Å². The summed E-state index contributed by atoms with van der Waals surface area (Å²) in [7, 11) is -1.28. The minimum Gasteiger partial charge on any atom is -0.417 e. The van der Waals surface area contributed by atoms with Gasteiger partial charge in [-0.15, -0.1) is 0 Å². The van der Waals surface area contributed by atoms with Gasteiger partial charge >= 0.3 is 0 Å².